The monoisotopic (exact) mass is 577 g/mol. The Balaban J connectivity index is 1.40. The van der Waals surface area contributed by atoms with E-state index in [1.165, 1.54) is 30.3 Å². The molecule has 0 fully saturated rings. The molecule has 9 heteroatoms. The van der Waals surface area contributed by atoms with E-state index in [0.717, 1.165) is 37.0 Å². The van der Waals surface area contributed by atoms with Gasteiger partial charge in [0, 0.05) is 29.0 Å². The van der Waals surface area contributed by atoms with Crippen LogP contribution in [0.15, 0.2) is 61.0 Å². The molecule has 0 saturated heterocycles. The number of carbonyl (C=O) groups is 1. The first-order chi connectivity index (χ1) is 20.4. The van der Waals surface area contributed by atoms with Crippen LogP contribution in [0.4, 0.5) is 5.69 Å². The fourth-order valence-electron chi connectivity index (χ4n) is 5.42. The van der Waals surface area contributed by atoms with E-state index in [9.17, 15) is 14.4 Å². The Hall–Kier alpha value is -3.85. The molecule has 0 bridgehead atoms. The van der Waals surface area contributed by atoms with Crippen LogP contribution in [0.25, 0.3) is 16.6 Å². The van der Waals surface area contributed by atoms with Crippen LogP contribution in [0.1, 0.15) is 81.6 Å². The summed E-state index contributed by atoms with van der Waals surface area (Å²) in [6.45, 7) is 10.2. The highest BCUT2D eigenvalue weighted by molar-refractivity contribution is 5.99. The second-order valence-electron chi connectivity index (χ2n) is 10.9. The third-order valence-electron chi connectivity index (χ3n) is 7.85. The van der Waals surface area contributed by atoms with Gasteiger partial charge in [-0.15, -0.1) is 4.57 Å². The largest absolute Gasteiger partial charge is 0.491 e. The predicted molar refractivity (Wildman–Crippen MR) is 166 cm³/mol. The zero-order chi connectivity index (χ0) is 30.1. The molecule has 0 saturated carbocycles. The number of para-hydroxylation sites is 1. The number of nitrogen functional groups attached to an aromatic ring is 1. The highest BCUT2D eigenvalue weighted by Crippen LogP contribution is 2.30. The van der Waals surface area contributed by atoms with Gasteiger partial charge in [-0.3, -0.25) is 4.79 Å². The van der Waals surface area contributed by atoms with E-state index in [2.05, 4.69) is 18.7 Å². The molecule has 0 radical (unpaired) electrons. The predicted octanol–water partition coefficient (Wildman–Crippen LogP) is 6.09. The minimum absolute atomic E-state index is 0.000884. The van der Waals surface area contributed by atoms with E-state index in [-0.39, 0.29) is 17.4 Å². The second kappa shape index (κ2) is 14.9. The van der Waals surface area contributed by atoms with Crippen LogP contribution in [0.2, 0.25) is 0 Å². The summed E-state index contributed by atoms with van der Waals surface area (Å²) in [4.78, 5) is 39.7. The van der Waals surface area contributed by atoms with Gasteiger partial charge in [0.05, 0.1) is 17.8 Å². The molecule has 1 atom stereocenters. The number of aryl methyl sites for hydroxylation is 1. The van der Waals surface area contributed by atoms with Crippen LogP contribution in [0.5, 0.6) is 5.75 Å². The van der Waals surface area contributed by atoms with Gasteiger partial charge in [0.15, 0.2) is 5.78 Å². The highest BCUT2D eigenvalue weighted by atomic mass is 16.5. The smallest absolute Gasteiger partial charge is 0.442 e. The summed E-state index contributed by atoms with van der Waals surface area (Å²) in [6.07, 6.45) is 7.33. The molecule has 42 heavy (non-hydrogen) atoms. The molecule has 226 valence electrons. The van der Waals surface area contributed by atoms with Crippen molar-refractivity contribution >= 4 is 28.1 Å². The highest BCUT2D eigenvalue weighted by Gasteiger charge is 2.23. The lowest BCUT2D eigenvalue weighted by molar-refractivity contribution is 0.0910. The van der Waals surface area contributed by atoms with Crippen molar-refractivity contribution in [1.82, 2.24) is 9.47 Å². The molecule has 2 aromatic heterocycles. The summed E-state index contributed by atoms with van der Waals surface area (Å²) in [7, 11) is 0. The molecule has 4 rings (SSSR count). The van der Waals surface area contributed by atoms with E-state index < -0.39 is 11.3 Å². The summed E-state index contributed by atoms with van der Waals surface area (Å²) in [5, 5.41) is 0.807. The van der Waals surface area contributed by atoms with Gasteiger partial charge in [-0.2, -0.15) is 0 Å². The first-order valence-electron chi connectivity index (χ1n) is 15.2. The maximum Gasteiger partial charge on any atom is 0.442 e. The Morgan fingerprint density at radius 2 is 1.69 bits per heavy atom. The molecule has 2 N–H and O–H groups in total. The topological polar surface area (TPSA) is 120 Å². The minimum Gasteiger partial charge on any atom is -0.491 e. The quantitative estimate of drug-likeness (QED) is 0.0692. The molecular weight excluding hydrogens is 534 g/mol. The van der Waals surface area contributed by atoms with Gasteiger partial charge in [-0.05, 0) is 75.9 Å². The number of nitrogens with two attached hydrogens (primary N) is 1. The third-order valence-corrected chi connectivity index (χ3v) is 7.85. The van der Waals surface area contributed by atoms with Gasteiger partial charge in [0.2, 0.25) is 5.71 Å². The number of anilines is 1. The van der Waals surface area contributed by atoms with Crippen molar-refractivity contribution in [3.8, 4) is 5.75 Å². The van der Waals surface area contributed by atoms with Gasteiger partial charge >= 0.3 is 11.3 Å². The normalized spacial score (nSPS) is 12.4. The van der Waals surface area contributed by atoms with Gasteiger partial charge in [0.25, 0.3) is 0 Å². The molecule has 2 aromatic carbocycles. The number of ketones is 1. The number of aromatic nitrogens is 1. The lowest BCUT2D eigenvalue weighted by Gasteiger charge is -2.22. The number of Topliss-reactive ketones (excluding diaryl/α,β-unsaturated/α-hetero) is 1. The van der Waals surface area contributed by atoms with E-state index in [1.807, 2.05) is 25.1 Å². The van der Waals surface area contributed by atoms with Crippen molar-refractivity contribution < 1.29 is 18.5 Å². The summed E-state index contributed by atoms with van der Waals surface area (Å²) in [6, 6.07) is 12.6. The number of rotatable bonds is 17. The number of unbranched alkanes of at least 4 members (excludes halogenated alkanes) is 2. The molecule has 0 aliphatic heterocycles. The Labute approximate surface area is 246 Å². The van der Waals surface area contributed by atoms with Gasteiger partial charge in [-0.1, -0.05) is 51.8 Å². The molecule has 0 amide bonds. The van der Waals surface area contributed by atoms with Gasteiger partial charge < -0.3 is 24.3 Å². The Bertz CT molecular complexity index is 1590. The number of hydrogen-bond donors (Lipinski definition) is 1. The van der Waals surface area contributed by atoms with Crippen LogP contribution in [0.3, 0.4) is 0 Å². The first-order valence-corrected chi connectivity index (χ1v) is 15.2. The number of nitrogens with zero attached hydrogens (tertiary/aromatic N) is 2. The molecule has 0 spiro atoms. The second-order valence-corrected chi connectivity index (χ2v) is 10.9. The Morgan fingerprint density at radius 1 is 0.976 bits per heavy atom. The number of benzene rings is 2. The average Bonchev–Trinajstić information content (AvgIpc) is 3.29. The molecule has 0 aliphatic rings. The molecule has 2 heterocycles. The van der Waals surface area contributed by atoms with Crippen molar-refractivity contribution in [3.63, 3.8) is 0 Å². The van der Waals surface area contributed by atoms with Crippen LogP contribution in [-0.4, -0.2) is 41.5 Å². The third kappa shape index (κ3) is 7.31. The van der Waals surface area contributed by atoms with Crippen LogP contribution in [-0.2, 0) is 6.42 Å². The van der Waals surface area contributed by atoms with Crippen LogP contribution in [0, 0.1) is 5.92 Å². The zero-order valence-electron chi connectivity index (χ0n) is 25.0. The van der Waals surface area contributed by atoms with Crippen molar-refractivity contribution in [2.45, 2.75) is 72.1 Å². The van der Waals surface area contributed by atoms with Gasteiger partial charge in [-0.25, -0.2) is 9.59 Å². The lowest BCUT2D eigenvalue weighted by atomic mass is 9.89. The van der Waals surface area contributed by atoms with Crippen molar-refractivity contribution in [2.24, 2.45) is 5.92 Å². The minimum atomic E-state index is -1.07. The summed E-state index contributed by atoms with van der Waals surface area (Å²) >= 11 is 0. The molecular formula is C33H43N3O6. The van der Waals surface area contributed by atoms with E-state index in [1.54, 1.807) is 24.3 Å². The molecule has 9 nitrogen and oxygen atoms in total. The van der Waals surface area contributed by atoms with E-state index >= 15 is 0 Å². The summed E-state index contributed by atoms with van der Waals surface area (Å²) < 4.78 is 17.8. The van der Waals surface area contributed by atoms with Crippen molar-refractivity contribution in [2.75, 3.05) is 32.0 Å². The van der Waals surface area contributed by atoms with Gasteiger partial charge in [0.1, 0.15) is 5.75 Å². The number of hydrogen-bond acceptors (Lipinski definition) is 8. The molecule has 0 aliphatic carbocycles. The van der Waals surface area contributed by atoms with Crippen LogP contribution < -0.4 is 21.7 Å². The Kier molecular flexibility index (Phi) is 11.0. The lowest BCUT2D eigenvalue weighted by Crippen LogP contribution is -2.28. The molecule has 1 unspecified atom stereocenters. The SMILES string of the molecule is CCCCN(CCCC)CCCOc1ccc(C(=O)C(CC)CCc2c3ccccc3n3oc(=O)c(=O)oc23)cc1N. The van der Waals surface area contributed by atoms with Crippen LogP contribution >= 0.6 is 0 Å². The average molecular weight is 578 g/mol. The van der Waals surface area contributed by atoms with E-state index in [4.69, 9.17) is 19.4 Å². The number of fused-ring (bicyclic) bond motifs is 3. The molecule has 4 aromatic rings. The van der Waals surface area contributed by atoms with Crippen molar-refractivity contribution in [3.05, 3.63) is 74.4 Å². The zero-order valence-corrected chi connectivity index (χ0v) is 25.0. The maximum absolute atomic E-state index is 13.5. The van der Waals surface area contributed by atoms with E-state index in [0.29, 0.717) is 48.4 Å². The Morgan fingerprint density at radius 3 is 2.38 bits per heavy atom. The number of carbonyl (C=O) groups excluding carboxylic acids is 1. The standard InChI is InChI=1S/C33H43N3O6/c1-4-7-18-35(19-8-5-2)20-11-21-40-29-17-15-24(22-27(29)34)30(37)23(6-3)14-16-26-25-12-9-10-13-28(25)36-31(26)41-32(38)33(39)42-36/h9-10,12-13,15,17,22-23H,4-8,11,14,16,18-21,34H2,1-3H3. The summed E-state index contributed by atoms with van der Waals surface area (Å²) in [5.41, 5.74) is 6.71. The number of ether oxygens (including phenoxy) is 1. The maximum atomic E-state index is 13.5. The first kappa shape index (κ1) is 31.1. The fourth-order valence-corrected chi connectivity index (χ4v) is 5.42. The fraction of sp³-hybridized carbons (Fsp3) is 0.485. The van der Waals surface area contributed by atoms with Crippen molar-refractivity contribution in [1.29, 1.82) is 0 Å². The summed E-state index contributed by atoms with van der Waals surface area (Å²) in [5.74, 6) is 0.320.